The number of hydrogen-bond donors (Lipinski definition) is 0. The van der Waals surface area contributed by atoms with E-state index in [9.17, 15) is 0 Å². The van der Waals surface area contributed by atoms with Gasteiger partial charge in [-0.25, -0.2) is 9.97 Å². The van der Waals surface area contributed by atoms with Gasteiger partial charge in [0, 0.05) is 10.3 Å². The fourth-order valence-electron chi connectivity index (χ4n) is 2.43. The molecule has 5 nitrogen and oxygen atoms in total. The average molecular weight is 354 g/mol. The van der Waals surface area contributed by atoms with Gasteiger partial charge in [0.1, 0.15) is 16.2 Å². The van der Waals surface area contributed by atoms with E-state index in [1.165, 1.54) is 22.2 Å². The Balaban J connectivity index is 1.60. The second kappa shape index (κ2) is 6.33. The molecule has 120 valence electrons. The van der Waals surface area contributed by atoms with Gasteiger partial charge in [0.15, 0.2) is 0 Å². The quantitative estimate of drug-likeness (QED) is 0.505. The Labute approximate surface area is 147 Å². The molecule has 0 aliphatic heterocycles. The van der Waals surface area contributed by atoms with E-state index in [0.29, 0.717) is 17.5 Å². The molecule has 0 bridgehead atoms. The van der Waals surface area contributed by atoms with E-state index in [1.54, 1.807) is 17.7 Å². The second-order valence-corrected chi connectivity index (χ2v) is 7.51. The Kier molecular flexibility index (Phi) is 4.03. The first-order chi connectivity index (χ1) is 11.7. The van der Waals surface area contributed by atoms with Crippen LogP contribution in [-0.4, -0.2) is 20.2 Å². The highest BCUT2D eigenvalue weighted by molar-refractivity contribution is 7.99. The normalized spacial score (nSPS) is 11.2. The van der Waals surface area contributed by atoms with Crippen molar-refractivity contribution in [2.45, 2.75) is 30.5 Å². The highest BCUT2D eigenvalue weighted by Gasteiger charge is 2.16. The molecule has 0 radical (unpaired) electrons. The zero-order valence-corrected chi connectivity index (χ0v) is 14.8. The van der Waals surface area contributed by atoms with Crippen LogP contribution >= 0.6 is 23.1 Å². The van der Waals surface area contributed by atoms with Gasteiger partial charge in [0.25, 0.3) is 5.22 Å². The van der Waals surface area contributed by atoms with Crippen molar-refractivity contribution in [1.29, 1.82) is 0 Å². The molecule has 0 fully saturated rings. The number of rotatable bonds is 4. The molecule has 0 saturated carbocycles. The molecule has 0 unspecified atom stereocenters. The predicted molar refractivity (Wildman–Crippen MR) is 94.6 cm³/mol. The van der Waals surface area contributed by atoms with E-state index in [4.69, 9.17) is 4.42 Å². The second-order valence-electron chi connectivity index (χ2n) is 5.37. The first kappa shape index (κ1) is 15.3. The first-order valence-corrected chi connectivity index (χ1v) is 9.09. The summed E-state index contributed by atoms with van der Waals surface area (Å²) in [6.07, 6.45) is 2.21. The summed E-state index contributed by atoms with van der Waals surface area (Å²) in [5.41, 5.74) is 2.36. The third-order valence-corrected chi connectivity index (χ3v) is 5.72. The standard InChI is InChI=1S/C17H14N4OS2/c1-10-11(2)23-15-14(10)16(19-9-18-15)24-17-21-20-13(22-17)8-12-6-4-3-5-7-12/h3-7,9H,8H2,1-2H3. The average Bonchev–Trinajstić information content (AvgIpc) is 3.14. The lowest BCUT2D eigenvalue weighted by Crippen LogP contribution is -1.87. The minimum atomic E-state index is 0.504. The monoisotopic (exact) mass is 354 g/mol. The van der Waals surface area contributed by atoms with Crippen LogP contribution in [0.25, 0.3) is 10.2 Å². The molecular weight excluding hydrogens is 340 g/mol. The fraction of sp³-hybridized carbons (Fsp3) is 0.176. The molecule has 4 rings (SSSR count). The largest absolute Gasteiger partial charge is 0.415 e. The van der Waals surface area contributed by atoms with Gasteiger partial charge in [-0.2, -0.15) is 0 Å². The summed E-state index contributed by atoms with van der Waals surface area (Å²) in [5.74, 6) is 0.604. The van der Waals surface area contributed by atoms with E-state index >= 15 is 0 Å². The van der Waals surface area contributed by atoms with Crippen LogP contribution in [0.5, 0.6) is 0 Å². The molecule has 0 aliphatic rings. The molecule has 0 atom stereocenters. The van der Waals surface area contributed by atoms with Crippen molar-refractivity contribution in [3.8, 4) is 0 Å². The molecule has 0 spiro atoms. The number of fused-ring (bicyclic) bond motifs is 1. The molecule has 0 N–H and O–H groups in total. The number of hydrogen-bond acceptors (Lipinski definition) is 7. The zero-order valence-electron chi connectivity index (χ0n) is 13.2. The molecular formula is C17H14N4OS2. The number of thiophene rings is 1. The first-order valence-electron chi connectivity index (χ1n) is 7.45. The maximum atomic E-state index is 5.77. The number of benzene rings is 1. The summed E-state index contributed by atoms with van der Waals surface area (Å²) in [5, 5.41) is 10.7. The Morgan fingerprint density at radius 2 is 1.92 bits per heavy atom. The lowest BCUT2D eigenvalue weighted by Gasteiger charge is -1.99. The smallest absolute Gasteiger partial charge is 0.282 e. The van der Waals surface area contributed by atoms with Gasteiger partial charge < -0.3 is 4.42 Å². The summed E-state index contributed by atoms with van der Waals surface area (Å²) >= 11 is 3.07. The molecule has 24 heavy (non-hydrogen) atoms. The maximum Gasteiger partial charge on any atom is 0.282 e. The van der Waals surface area contributed by atoms with E-state index in [-0.39, 0.29) is 0 Å². The van der Waals surface area contributed by atoms with Gasteiger partial charge >= 0.3 is 0 Å². The topological polar surface area (TPSA) is 64.7 Å². The van der Waals surface area contributed by atoms with Crippen LogP contribution in [0.1, 0.15) is 21.9 Å². The minimum Gasteiger partial charge on any atom is -0.415 e. The van der Waals surface area contributed by atoms with Crippen molar-refractivity contribution in [1.82, 2.24) is 20.2 Å². The van der Waals surface area contributed by atoms with Gasteiger partial charge in [-0.05, 0) is 36.7 Å². The van der Waals surface area contributed by atoms with Gasteiger partial charge in [-0.1, -0.05) is 30.3 Å². The van der Waals surface area contributed by atoms with Crippen LogP contribution in [-0.2, 0) is 6.42 Å². The van der Waals surface area contributed by atoms with E-state index in [0.717, 1.165) is 20.8 Å². The van der Waals surface area contributed by atoms with E-state index < -0.39 is 0 Å². The number of nitrogens with zero attached hydrogens (tertiary/aromatic N) is 4. The van der Waals surface area contributed by atoms with E-state index in [2.05, 4.69) is 34.0 Å². The Bertz CT molecular complexity index is 994. The van der Waals surface area contributed by atoms with Crippen molar-refractivity contribution < 1.29 is 4.42 Å². The van der Waals surface area contributed by atoms with Crippen LogP contribution in [0.3, 0.4) is 0 Å². The third kappa shape index (κ3) is 2.92. The molecule has 7 heteroatoms. The summed E-state index contributed by atoms with van der Waals surface area (Å²) < 4.78 is 5.77. The number of aryl methyl sites for hydroxylation is 2. The van der Waals surface area contributed by atoms with Crippen molar-refractivity contribution >= 4 is 33.3 Å². The third-order valence-electron chi connectivity index (χ3n) is 3.76. The van der Waals surface area contributed by atoms with Gasteiger partial charge in [-0.15, -0.1) is 21.5 Å². The van der Waals surface area contributed by atoms with E-state index in [1.807, 2.05) is 30.3 Å². The molecule has 3 aromatic heterocycles. The van der Waals surface area contributed by atoms with Crippen LogP contribution in [0.4, 0.5) is 0 Å². The summed E-state index contributed by atoms with van der Waals surface area (Å²) in [4.78, 5) is 11.0. The van der Waals surface area contributed by atoms with Crippen LogP contribution in [0, 0.1) is 13.8 Å². The Morgan fingerprint density at radius 3 is 2.75 bits per heavy atom. The van der Waals surface area contributed by atoms with Crippen molar-refractivity contribution in [3.63, 3.8) is 0 Å². The predicted octanol–water partition coefficient (Wildman–Crippen LogP) is 4.43. The maximum absolute atomic E-state index is 5.77. The SMILES string of the molecule is Cc1sc2ncnc(Sc3nnc(Cc4ccccc4)o3)c2c1C. The lowest BCUT2D eigenvalue weighted by atomic mass is 10.2. The molecule has 1 aromatic carbocycles. The molecule has 0 aliphatic carbocycles. The van der Waals surface area contributed by atoms with Crippen molar-refractivity contribution in [2.24, 2.45) is 0 Å². The summed E-state index contributed by atoms with van der Waals surface area (Å²) in [7, 11) is 0. The van der Waals surface area contributed by atoms with Gasteiger partial charge in [0.05, 0.1) is 6.42 Å². The highest BCUT2D eigenvalue weighted by Crippen LogP contribution is 2.36. The van der Waals surface area contributed by atoms with Crippen molar-refractivity contribution in [2.75, 3.05) is 0 Å². The molecule has 0 saturated heterocycles. The van der Waals surface area contributed by atoms with Crippen LogP contribution in [0.2, 0.25) is 0 Å². The van der Waals surface area contributed by atoms with Crippen molar-refractivity contribution in [3.05, 3.63) is 58.6 Å². The molecule has 3 heterocycles. The lowest BCUT2D eigenvalue weighted by molar-refractivity contribution is 0.420. The molecule has 0 amide bonds. The van der Waals surface area contributed by atoms with Gasteiger partial charge in [-0.3, -0.25) is 0 Å². The zero-order chi connectivity index (χ0) is 16.5. The summed E-state index contributed by atoms with van der Waals surface area (Å²) in [6, 6.07) is 10.1. The van der Waals surface area contributed by atoms with Crippen LogP contribution < -0.4 is 0 Å². The Morgan fingerprint density at radius 1 is 1.08 bits per heavy atom. The number of aromatic nitrogens is 4. The van der Waals surface area contributed by atoms with Crippen LogP contribution in [0.15, 0.2) is 51.3 Å². The highest BCUT2D eigenvalue weighted by atomic mass is 32.2. The fourth-order valence-corrected chi connectivity index (χ4v) is 4.33. The minimum absolute atomic E-state index is 0.504. The molecule has 4 aromatic rings. The Hall–Kier alpha value is -2.25. The summed E-state index contributed by atoms with van der Waals surface area (Å²) in [6.45, 7) is 4.19. The van der Waals surface area contributed by atoms with Gasteiger partial charge in [0.2, 0.25) is 5.89 Å².